The zero-order valence-electron chi connectivity index (χ0n) is 14.5. The molecule has 27 heavy (non-hydrogen) atoms. The van der Waals surface area contributed by atoms with Crippen molar-refractivity contribution >= 4 is 28.0 Å². The van der Waals surface area contributed by atoms with E-state index in [1.807, 2.05) is 0 Å². The molecule has 0 unspecified atom stereocenters. The summed E-state index contributed by atoms with van der Waals surface area (Å²) in [5, 5.41) is 2.37. The van der Waals surface area contributed by atoms with Crippen molar-refractivity contribution in [2.45, 2.75) is 17.7 Å². The lowest BCUT2D eigenvalue weighted by atomic mass is 10.0. The molecule has 1 aromatic carbocycles. The topological polar surface area (TPSA) is 122 Å². The third-order valence-electron chi connectivity index (χ3n) is 4.51. The molecule has 8 nitrogen and oxygen atoms in total. The largest absolute Gasteiger partial charge is 0.351 e. The lowest BCUT2D eigenvalue weighted by molar-refractivity contribution is -0.112. The van der Waals surface area contributed by atoms with Crippen molar-refractivity contribution < 1.29 is 18.0 Å². The first-order valence-corrected chi connectivity index (χ1v) is 9.93. The molecule has 0 radical (unpaired) electrons. The van der Waals surface area contributed by atoms with Gasteiger partial charge >= 0.3 is 6.03 Å². The molecule has 0 spiro atoms. The molecule has 2 heterocycles. The zero-order valence-corrected chi connectivity index (χ0v) is 15.4. The molecule has 2 amide bonds. The van der Waals surface area contributed by atoms with Crippen LogP contribution in [0.3, 0.4) is 0 Å². The van der Waals surface area contributed by atoms with Crippen LogP contribution in [0.5, 0.6) is 0 Å². The molecule has 1 saturated heterocycles. The average Bonchev–Trinajstić information content (AvgIpc) is 2.68. The van der Waals surface area contributed by atoms with Gasteiger partial charge < -0.3 is 15.8 Å². The third-order valence-corrected chi connectivity index (χ3v) is 6.45. The number of rotatable bonds is 5. The Morgan fingerprint density at radius 2 is 1.96 bits per heavy atom. The third kappa shape index (κ3) is 4.15. The fraction of sp³-hybridized carbons (Fsp3) is 0.278. The molecule has 0 aliphatic carbocycles. The number of aldehydes is 1. The number of carbonyl (C=O) groups is 2. The molecule has 0 atom stereocenters. The number of sulfonamides is 1. The van der Waals surface area contributed by atoms with Crippen LogP contribution in [-0.2, 0) is 14.8 Å². The summed E-state index contributed by atoms with van der Waals surface area (Å²) in [6, 6.07) is 9.14. The smallest absolute Gasteiger partial charge is 0.316 e. The van der Waals surface area contributed by atoms with Gasteiger partial charge in [0.25, 0.3) is 0 Å². The van der Waals surface area contributed by atoms with Crippen LogP contribution in [0.4, 0.5) is 10.5 Å². The Labute approximate surface area is 157 Å². The summed E-state index contributed by atoms with van der Waals surface area (Å²) in [7, 11) is -3.88. The quantitative estimate of drug-likeness (QED) is 0.757. The zero-order chi connectivity index (χ0) is 19.4. The average molecular weight is 388 g/mol. The number of anilines is 1. The number of nitrogens with two attached hydrogens (primary N) is 1. The van der Waals surface area contributed by atoms with Gasteiger partial charge in [-0.15, -0.1) is 0 Å². The fourth-order valence-corrected chi connectivity index (χ4v) is 4.70. The molecule has 1 fully saturated rings. The van der Waals surface area contributed by atoms with Crippen LogP contribution in [0.15, 0.2) is 47.5 Å². The summed E-state index contributed by atoms with van der Waals surface area (Å²) in [5.41, 5.74) is 6.52. The number of piperidine rings is 1. The highest BCUT2D eigenvalue weighted by atomic mass is 32.2. The van der Waals surface area contributed by atoms with Gasteiger partial charge in [-0.05, 0) is 37.1 Å². The second kappa shape index (κ2) is 7.85. The highest BCUT2D eigenvalue weighted by Crippen LogP contribution is 2.31. The van der Waals surface area contributed by atoms with E-state index in [9.17, 15) is 18.0 Å². The number of amides is 2. The van der Waals surface area contributed by atoms with E-state index >= 15 is 0 Å². The van der Waals surface area contributed by atoms with Crippen molar-refractivity contribution in [2.75, 3.05) is 18.4 Å². The number of nitrogens with one attached hydrogen (secondary N) is 1. The Balaban J connectivity index is 2.02. The Kier molecular flexibility index (Phi) is 5.52. The molecular formula is C18H20N4O4S. The fourth-order valence-electron chi connectivity index (χ4n) is 3.06. The van der Waals surface area contributed by atoms with Gasteiger partial charge in [-0.1, -0.05) is 12.1 Å². The van der Waals surface area contributed by atoms with E-state index in [-0.39, 0.29) is 29.6 Å². The van der Waals surface area contributed by atoms with Gasteiger partial charge in [0.05, 0.1) is 11.4 Å². The van der Waals surface area contributed by atoms with Crippen LogP contribution in [0.1, 0.15) is 12.8 Å². The molecule has 3 rings (SSSR count). The molecule has 3 N–H and O–H groups in total. The molecule has 1 aromatic heterocycles. The number of primary amides is 1. The second-order valence-electron chi connectivity index (χ2n) is 6.29. The molecule has 2 aromatic rings. The first kappa shape index (κ1) is 19.0. The van der Waals surface area contributed by atoms with E-state index in [4.69, 9.17) is 5.73 Å². The summed E-state index contributed by atoms with van der Waals surface area (Å²) >= 11 is 0. The highest BCUT2D eigenvalue weighted by molar-refractivity contribution is 7.89. The number of benzene rings is 1. The maximum absolute atomic E-state index is 13.2. The van der Waals surface area contributed by atoms with E-state index in [0.29, 0.717) is 24.1 Å². The Hall–Kier alpha value is -2.78. The van der Waals surface area contributed by atoms with Crippen LogP contribution in [-0.4, -0.2) is 43.1 Å². The predicted octanol–water partition coefficient (Wildman–Crippen LogP) is 1.84. The van der Waals surface area contributed by atoms with Crippen LogP contribution < -0.4 is 11.1 Å². The number of hydrogen-bond acceptors (Lipinski definition) is 5. The lowest BCUT2D eigenvalue weighted by Crippen LogP contribution is -2.39. The molecule has 1 aliphatic rings. The van der Waals surface area contributed by atoms with Crippen molar-refractivity contribution in [3.8, 4) is 11.3 Å². The summed E-state index contributed by atoms with van der Waals surface area (Å²) in [6.07, 6.45) is 3.43. The minimum Gasteiger partial charge on any atom is -0.351 e. The number of urea groups is 1. The normalized spacial score (nSPS) is 16.0. The van der Waals surface area contributed by atoms with Gasteiger partial charge in [0.2, 0.25) is 10.0 Å². The van der Waals surface area contributed by atoms with E-state index in [1.54, 1.807) is 30.5 Å². The predicted molar refractivity (Wildman–Crippen MR) is 100 cm³/mol. The second-order valence-corrected chi connectivity index (χ2v) is 8.20. The number of pyridine rings is 1. The van der Waals surface area contributed by atoms with E-state index in [1.165, 1.54) is 16.4 Å². The lowest BCUT2D eigenvalue weighted by Gasteiger charge is -2.29. The highest BCUT2D eigenvalue weighted by Gasteiger charge is 2.31. The van der Waals surface area contributed by atoms with Crippen LogP contribution in [0, 0.1) is 5.92 Å². The van der Waals surface area contributed by atoms with Crippen LogP contribution in [0.25, 0.3) is 11.3 Å². The molecule has 0 saturated carbocycles. The molecular weight excluding hydrogens is 368 g/mol. The Morgan fingerprint density at radius 3 is 2.56 bits per heavy atom. The Morgan fingerprint density at radius 1 is 1.22 bits per heavy atom. The van der Waals surface area contributed by atoms with Crippen molar-refractivity contribution in [2.24, 2.45) is 11.7 Å². The summed E-state index contributed by atoms with van der Waals surface area (Å²) in [6.45, 7) is 0.491. The van der Waals surface area contributed by atoms with Crippen molar-refractivity contribution in [1.29, 1.82) is 0 Å². The van der Waals surface area contributed by atoms with Crippen LogP contribution in [0.2, 0.25) is 0 Å². The SMILES string of the molecule is NC(=O)Nc1ccc(-c2ccccn2)cc1S(=O)(=O)N1CCC(C=O)CC1. The monoisotopic (exact) mass is 388 g/mol. The summed E-state index contributed by atoms with van der Waals surface area (Å²) < 4.78 is 27.7. The van der Waals surface area contributed by atoms with Gasteiger partial charge in [0.15, 0.2) is 0 Å². The van der Waals surface area contributed by atoms with E-state index in [2.05, 4.69) is 10.3 Å². The van der Waals surface area contributed by atoms with Crippen molar-refractivity contribution in [3.63, 3.8) is 0 Å². The van der Waals surface area contributed by atoms with Crippen molar-refractivity contribution in [3.05, 3.63) is 42.6 Å². The number of aromatic nitrogens is 1. The minimum atomic E-state index is -3.88. The van der Waals surface area contributed by atoms with E-state index in [0.717, 1.165) is 6.29 Å². The van der Waals surface area contributed by atoms with Gasteiger partial charge in [-0.2, -0.15) is 4.31 Å². The summed E-state index contributed by atoms with van der Waals surface area (Å²) in [4.78, 5) is 26.4. The number of carbonyl (C=O) groups excluding carboxylic acids is 2. The Bertz CT molecular complexity index is 939. The summed E-state index contributed by atoms with van der Waals surface area (Å²) in [5.74, 6) is -0.125. The van der Waals surface area contributed by atoms with Gasteiger partial charge in [-0.3, -0.25) is 4.98 Å². The van der Waals surface area contributed by atoms with Gasteiger partial charge in [0.1, 0.15) is 11.2 Å². The number of hydrogen-bond donors (Lipinski definition) is 2. The molecule has 9 heteroatoms. The maximum atomic E-state index is 13.2. The number of nitrogens with zero attached hydrogens (tertiary/aromatic N) is 2. The first-order chi connectivity index (χ1) is 12.9. The van der Waals surface area contributed by atoms with E-state index < -0.39 is 16.1 Å². The van der Waals surface area contributed by atoms with Crippen molar-refractivity contribution in [1.82, 2.24) is 9.29 Å². The van der Waals surface area contributed by atoms with Gasteiger partial charge in [-0.25, -0.2) is 13.2 Å². The van der Waals surface area contributed by atoms with Gasteiger partial charge in [0, 0.05) is 30.8 Å². The standard InChI is InChI=1S/C18H20N4O4S/c19-18(24)21-16-5-4-14(15-3-1-2-8-20-15)11-17(16)27(25,26)22-9-6-13(12-23)7-10-22/h1-5,8,11-13H,6-7,9-10H2,(H3,19,21,24). The molecule has 0 bridgehead atoms. The maximum Gasteiger partial charge on any atom is 0.316 e. The van der Waals surface area contributed by atoms with Crippen LogP contribution >= 0.6 is 0 Å². The first-order valence-electron chi connectivity index (χ1n) is 8.49. The minimum absolute atomic E-state index is 0.0472. The molecule has 142 valence electrons. The molecule has 1 aliphatic heterocycles.